The van der Waals surface area contributed by atoms with Gasteiger partial charge in [-0.2, -0.15) is 0 Å². The normalized spacial score (nSPS) is 10.3. The summed E-state index contributed by atoms with van der Waals surface area (Å²) in [5.74, 6) is -3.32. The van der Waals surface area contributed by atoms with E-state index < -0.39 is 17.5 Å². The second kappa shape index (κ2) is 9.46. The van der Waals surface area contributed by atoms with Crippen LogP contribution in [0.1, 0.15) is 31.3 Å². The van der Waals surface area contributed by atoms with E-state index >= 15 is 0 Å². The van der Waals surface area contributed by atoms with E-state index in [1.165, 1.54) is 42.7 Å². The average molecular weight is 413 g/mol. The largest absolute Gasteiger partial charge is 0.459 e. The molecule has 0 saturated heterocycles. The van der Waals surface area contributed by atoms with E-state index in [1.54, 1.807) is 6.07 Å². The Hall–Kier alpha value is -4.01. The molecule has 0 aliphatic heterocycles. The average Bonchev–Trinajstić information content (AvgIpc) is 3.28. The van der Waals surface area contributed by atoms with Gasteiger partial charge in [0.15, 0.2) is 17.4 Å². The van der Waals surface area contributed by atoms with E-state index in [-0.39, 0.29) is 36.2 Å². The molecule has 0 saturated carbocycles. The highest BCUT2D eigenvalue weighted by atomic mass is 19.2. The van der Waals surface area contributed by atoms with Crippen LogP contribution in [0.5, 0.6) is 0 Å². The van der Waals surface area contributed by atoms with Crippen molar-refractivity contribution in [3.05, 3.63) is 89.4 Å². The van der Waals surface area contributed by atoms with Crippen molar-refractivity contribution < 1.29 is 27.6 Å². The van der Waals surface area contributed by atoms with Crippen molar-refractivity contribution in [3.63, 3.8) is 0 Å². The van der Waals surface area contributed by atoms with Crippen LogP contribution >= 0.6 is 0 Å². The molecular formula is C21H17F2N3O4. The number of nitrogens with one attached hydrogen (secondary N) is 3. The van der Waals surface area contributed by atoms with Gasteiger partial charge in [0.1, 0.15) is 0 Å². The summed E-state index contributed by atoms with van der Waals surface area (Å²) in [6, 6.07) is 12.0. The lowest BCUT2D eigenvalue weighted by Crippen LogP contribution is -2.34. The lowest BCUT2D eigenvalue weighted by atomic mass is 10.1. The first-order valence-electron chi connectivity index (χ1n) is 8.90. The van der Waals surface area contributed by atoms with Gasteiger partial charge >= 0.3 is 0 Å². The number of hydrogen-bond acceptors (Lipinski definition) is 4. The molecule has 1 heterocycles. The van der Waals surface area contributed by atoms with Gasteiger partial charge in [-0.3, -0.25) is 14.4 Å². The van der Waals surface area contributed by atoms with Crippen LogP contribution in [0.2, 0.25) is 0 Å². The third-order valence-electron chi connectivity index (χ3n) is 4.03. The molecule has 3 aromatic rings. The van der Waals surface area contributed by atoms with E-state index in [0.29, 0.717) is 11.3 Å². The number of amides is 3. The Morgan fingerprint density at radius 2 is 1.43 bits per heavy atom. The first kappa shape index (κ1) is 20.7. The Morgan fingerprint density at radius 3 is 2.07 bits per heavy atom. The van der Waals surface area contributed by atoms with Crippen molar-refractivity contribution in [1.82, 2.24) is 10.6 Å². The number of halogens is 2. The fourth-order valence-corrected chi connectivity index (χ4v) is 2.49. The predicted molar refractivity (Wildman–Crippen MR) is 104 cm³/mol. The van der Waals surface area contributed by atoms with E-state index in [4.69, 9.17) is 4.42 Å². The van der Waals surface area contributed by atoms with Gasteiger partial charge in [0.2, 0.25) is 0 Å². The van der Waals surface area contributed by atoms with Gasteiger partial charge in [0.25, 0.3) is 17.7 Å². The van der Waals surface area contributed by atoms with Gasteiger partial charge in [0, 0.05) is 29.9 Å². The fraction of sp³-hybridized carbons (Fsp3) is 0.0952. The number of rotatable bonds is 7. The summed E-state index contributed by atoms with van der Waals surface area (Å²) in [6.07, 6.45) is 1.39. The second-order valence-corrected chi connectivity index (χ2v) is 6.15. The van der Waals surface area contributed by atoms with Gasteiger partial charge in [-0.25, -0.2) is 8.78 Å². The van der Waals surface area contributed by atoms with Gasteiger partial charge in [-0.15, -0.1) is 0 Å². The standard InChI is InChI=1S/C21H17F2N3O4/c22-16-8-5-14(12-17(16)23)20(28)26-15-6-3-13(4-7-15)19(27)24-9-10-25-21(29)18-2-1-11-30-18/h1-8,11-12H,9-10H2,(H,24,27)(H,25,29)(H,26,28). The monoisotopic (exact) mass is 413 g/mol. The molecule has 0 radical (unpaired) electrons. The first-order chi connectivity index (χ1) is 14.4. The summed E-state index contributed by atoms with van der Waals surface area (Å²) in [6.45, 7) is 0.424. The molecular weight excluding hydrogens is 396 g/mol. The van der Waals surface area contributed by atoms with Gasteiger partial charge in [-0.1, -0.05) is 0 Å². The Labute approximate surface area is 170 Å². The summed E-state index contributed by atoms with van der Waals surface area (Å²) in [4.78, 5) is 35.9. The lowest BCUT2D eigenvalue weighted by Gasteiger charge is -2.08. The Bertz CT molecular complexity index is 1050. The highest BCUT2D eigenvalue weighted by molar-refractivity contribution is 6.04. The molecule has 0 fully saturated rings. The SMILES string of the molecule is O=C(NCCNC(=O)c1ccco1)c1ccc(NC(=O)c2ccc(F)c(F)c2)cc1. The van der Waals surface area contributed by atoms with Crippen LogP contribution < -0.4 is 16.0 Å². The topological polar surface area (TPSA) is 100 Å². The summed E-state index contributed by atoms with van der Waals surface area (Å²) in [5.41, 5.74) is 0.692. The molecule has 3 rings (SSSR count). The van der Waals surface area contributed by atoms with E-state index in [1.807, 2.05) is 0 Å². The summed E-state index contributed by atoms with van der Waals surface area (Å²) in [7, 11) is 0. The Kier molecular flexibility index (Phi) is 6.53. The van der Waals surface area contributed by atoms with Crippen molar-refractivity contribution in [2.24, 2.45) is 0 Å². The van der Waals surface area contributed by atoms with Crippen molar-refractivity contribution in [3.8, 4) is 0 Å². The maximum absolute atomic E-state index is 13.2. The molecule has 2 aromatic carbocycles. The minimum atomic E-state index is -1.12. The molecule has 3 N–H and O–H groups in total. The van der Waals surface area contributed by atoms with Crippen molar-refractivity contribution >= 4 is 23.4 Å². The van der Waals surface area contributed by atoms with Crippen molar-refractivity contribution in [1.29, 1.82) is 0 Å². The first-order valence-corrected chi connectivity index (χ1v) is 8.90. The fourth-order valence-electron chi connectivity index (χ4n) is 2.49. The zero-order valence-electron chi connectivity index (χ0n) is 15.6. The molecule has 154 valence electrons. The number of benzene rings is 2. The van der Waals surface area contributed by atoms with Crippen molar-refractivity contribution in [2.75, 3.05) is 18.4 Å². The number of hydrogen-bond donors (Lipinski definition) is 3. The zero-order valence-corrected chi connectivity index (χ0v) is 15.6. The predicted octanol–water partition coefficient (Wildman–Crippen LogP) is 2.97. The number of furan rings is 1. The van der Waals surface area contributed by atoms with Gasteiger partial charge < -0.3 is 20.4 Å². The molecule has 0 bridgehead atoms. The molecule has 0 aliphatic rings. The summed E-state index contributed by atoms with van der Waals surface area (Å²) in [5, 5.41) is 7.78. The van der Waals surface area contributed by atoms with E-state index in [9.17, 15) is 23.2 Å². The maximum atomic E-state index is 13.2. The molecule has 1 aromatic heterocycles. The van der Waals surface area contributed by atoms with Gasteiger partial charge in [0.05, 0.1) is 6.26 Å². The third-order valence-corrected chi connectivity index (χ3v) is 4.03. The molecule has 3 amide bonds. The van der Waals surface area contributed by atoms with Crippen LogP contribution in [-0.2, 0) is 0 Å². The smallest absolute Gasteiger partial charge is 0.287 e. The number of anilines is 1. The van der Waals surface area contributed by atoms with Gasteiger partial charge in [-0.05, 0) is 54.6 Å². The Morgan fingerprint density at radius 1 is 0.767 bits per heavy atom. The van der Waals surface area contributed by atoms with E-state index in [2.05, 4.69) is 16.0 Å². The molecule has 0 aliphatic carbocycles. The number of carbonyl (C=O) groups excluding carboxylic acids is 3. The summed E-state index contributed by atoms with van der Waals surface area (Å²) >= 11 is 0. The van der Waals surface area contributed by atoms with Crippen LogP contribution in [0.15, 0.2) is 65.3 Å². The second-order valence-electron chi connectivity index (χ2n) is 6.15. The third kappa shape index (κ3) is 5.28. The maximum Gasteiger partial charge on any atom is 0.287 e. The summed E-state index contributed by atoms with van der Waals surface area (Å²) < 4.78 is 31.1. The van der Waals surface area contributed by atoms with Crippen molar-refractivity contribution in [2.45, 2.75) is 0 Å². The van der Waals surface area contributed by atoms with Crippen LogP contribution in [0, 0.1) is 11.6 Å². The van der Waals surface area contributed by atoms with Crippen LogP contribution in [-0.4, -0.2) is 30.8 Å². The Balaban J connectivity index is 1.47. The highest BCUT2D eigenvalue weighted by Gasteiger charge is 2.11. The minimum absolute atomic E-state index is 0.0349. The van der Waals surface area contributed by atoms with Crippen LogP contribution in [0.4, 0.5) is 14.5 Å². The lowest BCUT2D eigenvalue weighted by molar-refractivity contribution is 0.0910. The van der Waals surface area contributed by atoms with E-state index in [0.717, 1.165) is 12.1 Å². The molecule has 0 spiro atoms. The quantitative estimate of drug-likeness (QED) is 0.519. The number of carbonyl (C=O) groups is 3. The molecule has 0 atom stereocenters. The highest BCUT2D eigenvalue weighted by Crippen LogP contribution is 2.13. The van der Waals surface area contributed by atoms with Crippen LogP contribution in [0.25, 0.3) is 0 Å². The molecule has 0 unspecified atom stereocenters. The molecule has 30 heavy (non-hydrogen) atoms. The zero-order chi connectivity index (χ0) is 21.5. The van der Waals surface area contributed by atoms with Crippen LogP contribution in [0.3, 0.4) is 0 Å². The molecule has 7 nitrogen and oxygen atoms in total. The minimum Gasteiger partial charge on any atom is -0.459 e. The molecule has 9 heteroatoms.